The molecule has 3 nitrogen and oxygen atoms in total. The van der Waals surface area contributed by atoms with Gasteiger partial charge in [0.15, 0.2) is 0 Å². The number of nitrogens with zero attached hydrogens (tertiary/aromatic N) is 2. The van der Waals surface area contributed by atoms with E-state index in [0.29, 0.717) is 27.1 Å². The summed E-state index contributed by atoms with van der Waals surface area (Å²) >= 11 is 21.3. The summed E-state index contributed by atoms with van der Waals surface area (Å²) in [4.78, 5) is 16.6. The molecule has 0 aliphatic carbocycles. The first kappa shape index (κ1) is 18.6. The van der Waals surface area contributed by atoms with Crippen LogP contribution in [0.25, 0.3) is 0 Å². The minimum absolute atomic E-state index is 0.192. The van der Waals surface area contributed by atoms with Crippen LogP contribution in [0.15, 0.2) is 46.9 Å². The van der Waals surface area contributed by atoms with Crippen molar-refractivity contribution >= 4 is 68.1 Å². The van der Waals surface area contributed by atoms with Gasteiger partial charge in [-0.25, -0.2) is 4.79 Å². The van der Waals surface area contributed by atoms with E-state index >= 15 is 0 Å². The molecule has 0 radical (unpaired) electrons. The Bertz CT molecular complexity index is 838. The van der Waals surface area contributed by atoms with Gasteiger partial charge in [0.2, 0.25) is 0 Å². The van der Waals surface area contributed by atoms with Crippen molar-refractivity contribution in [2.45, 2.75) is 18.9 Å². The number of hydrogen-bond donors (Lipinski definition) is 0. The molecule has 3 rings (SSSR count). The number of amides is 2. The number of halogens is 3. The first-order valence-corrected chi connectivity index (χ1v) is 9.51. The van der Waals surface area contributed by atoms with E-state index in [9.17, 15) is 4.79 Å². The average molecular weight is 458 g/mol. The van der Waals surface area contributed by atoms with Crippen LogP contribution in [-0.4, -0.2) is 28.5 Å². The quantitative estimate of drug-likeness (QED) is 0.531. The van der Waals surface area contributed by atoms with Crippen LogP contribution in [0.3, 0.4) is 0 Å². The monoisotopic (exact) mass is 456 g/mol. The molecule has 1 heterocycles. The maximum absolute atomic E-state index is 12.9. The van der Waals surface area contributed by atoms with Crippen LogP contribution in [0.5, 0.6) is 0 Å². The predicted octanol–water partition coefficient (Wildman–Crippen LogP) is 5.96. The molecule has 1 saturated heterocycles. The van der Waals surface area contributed by atoms with E-state index < -0.39 is 5.54 Å². The van der Waals surface area contributed by atoms with Crippen molar-refractivity contribution in [2.24, 2.45) is 0 Å². The Hall–Kier alpha value is -1.14. The summed E-state index contributed by atoms with van der Waals surface area (Å²) in [7, 11) is 1.76. The number of rotatable bonds is 3. The van der Waals surface area contributed by atoms with Gasteiger partial charge in [0.05, 0.1) is 11.2 Å². The largest absolute Gasteiger partial charge is 0.330 e. The maximum Gasteiger partial charge on any atom is 0.330 e. The van der Waals surface area contributed by atoms with Gasteiger partial charge in [0.1, 0.15) is 4.99 Å². The van der Waals surface area contributed by atoms with Gasteiger partial charge in [-0.2, -0.15) is 0 Å². The standard InChI is InChI=1S/C18H15BrCl2N2OS/c1-18(10-11-3-5-12(19)6-4-11)16(25)23(17(24)22(18)2)15-8-13(20)7-14(21)9-15/h3-9H,10H2,1-2H3/t18-/m1/s1. The minimum Gasteiger partial charge on any atom is -0.315 e. The van der Waals surface area contributed by atoms with Crippen LogP contribution in [0.4, 0.5) is 10.5 Å². The second-order valence-corrected chi connectivity index (χ2v) is 8.36. The van der Waals surface area contributed by atoms with E-state index in [1.54, 1.807) is 30.1 Å². The molecule has 1 fully saturated rings. The average Bonchev–Trinajstić information content (AvgIpc) is 2.70. The third kappa shape index (κ3) is 3.43. The van der Waals surface area contributed by atoms with Crippen LogP contribution in [0.2, 0.25) is 10.0 Å². The number of anilines is 1. The first-order valence-electron chi connectivity index (χ1n) is 7.55. The van der Waals surface area contributed by atoms with E-state index in [2.05, 4.69) is 15.9 Å². The number of carbonyl (C=O) groups excluding carboxylic acids is 1. The fraction of sp³-hybridized carbons (Fsp3) is 0.222. The number of thiocarbonyl (C=S) groups is 1. The molecule has 1 aliphatic rings. The summed E-state index contributed by atoms with van der Waals surface area (Å²) in [5.74, 6) is 0. The number of urea groups is 1. The molecule has 7 heteroatoms. The summed E-state index contributed by atoms with van der Waals surface area (Å²) < 4.78 is 1.01. The topological polar surface area (TPSA) is 23.6 Å². The molecule has 0 saturated carbocycles. The molecule has 2 aromatic carbocycles. The van der Waals surface area contributed by atoms with E-state index in [1.807, 2.05) is 31.2 Å². The van der Waals surface area contributed by atoms with E-state index in [0.717, 1.165) is 10.0 Å². The van der Waals surface area contributed by atoms with E-state index in [-0.39, 0.29) is 6.03 Å². The highest BCUT2D eigenvalue weighted by molar-refractivity contribution is 9.10. The molecular formula is C18H15BrCl2N2OS. The summed E-state index contributed by atoms with van der Waals surface area (Å²) in [6, 6.07) is 12.8. The molecule has 0 aromatic heterocycles. The van der Waals surface area contributed by atoms with Gasteiger partial charge in [-0.1, -0.05) is 63.5 Å². The van der Waals surface area contributed by atoms with Crippen molar-refractivity contribution in [1.82, 2.24) is 4.90 Å². The molecule has 0 bridgehead atoms. The molecule has 2 amide bonds. The highest BCUT2D eigenvalue weighted by Crippen LogP contribution is 2.36. The Morgan fingerprint density at radius 1 is 1.12 bits per heavy atom. The van der Waals surface area contributed by atoms with Gasteiger partial charge in [-0.15, -0.1) is 0 Å². The lowest BCUT2D eigenvalue weighted by Crippen LogP contribution is -2.46. The smallest absolute Gasteiger partial charge is 0.315 e. The maximum atomic E-state index is 12.9. The number of likely N-dealkylation sites (N-methyl/N-ethyl adjacent to an activating group) is 1. The summed E-state index contributed by atoms with van der Waals surface area (Å²) in [5, 5.41) is 0.921. The number of benzene rings is 2. The van der Waals surface area contributed by atoms with Crippen LogP contribution in [0, 0.1) is 0 Å². The SMILES string of the molecule is CN1C(=O)N(c2cc(Cl)cc(Cl)c2)C(=S)[C@@]1(C)Cc1ccc(Br)cc1. The number of hydrogen-bond acceptors (Lipinski definition) is 2. The van der Waals surface area contributed by atoms with Crippen molar-refractivity contribution in [3.05, 3.63) is 62.5 Å². The molecule has 1 atom stereocenters. The van der Waals surface area contributed by atoms with Crippen molar-refractivity contribution in [1.29, 1.82) is 0 Å². The minimum atomic E-state index is -0.616. The summed E-state index contributed by atoms with van der Waals surface area (Å²) in [6.07, 6.45) is 0.617. The second kappa shape index (κ2) is 6.88. The Kier molecular flexibility index (Phi) is 5.13. The van der Waals surface area contributed by atoms with Gasteiger partial charge < -0.3 is 4.90 Å². The predicted molar refractivity (Wildman–Crippen MR) is 111 cm³/mol. The lowest BCUT2D eigenvalue weighted by molar-refractivity contribution is 0.200. The summed E-state index contributed by atoms with van der Waals surface area (Å²) in [6.45, 7) is 1.97. The number of carbonyl (C=O) groups is 1. The molecule has 2 aromatic rings. The Labute approximate surface area is 170 Å². The first-order chi connectivity index (χ1) is 11.7. The molecule has 130 valence electrons. The van der Waals surface area contributed by atoms with E-state index in [1.165, 1.54) is 4.90 Å². The fourth-order valence-corrected chi connectivity index (χ4v) is 4.09. The van der Waals surface area contributed by atoms with Gasteiger partial charge in [-0.05, 0) is 42.8 Å². The van der Waals surface area contributed by atoms with Crippen molar-refractivity contribution < 1.29 is 4.79 Å². The van der Waals surface area contributed by atoms with Crippen LogP contribution in [-0.2, 0) is 6.42 Å². The summed E-state index contributed by atoms with van der Waals surface area (Å²) in [5.41, 5.74) is 1.06. The van der Waals surface area contributed by atoms with Crippen LogP contribution >= 0.6 is 51.3 Å². The molecule has 0 unspecified atom stereocenters. The van der Waals surface area contributed by atoms with Crippen LogP contribution in [0.1, 0.15) is 12.5 Å². The second-order valence-electron chi connectivity index (χ2n) is 6.19. The van der Waals surface area contributed by atoms with Gasteiger partial charge in [-0.3, -0.25) is 4.90 Å². The molecule has 25 heavy (non-hydrogen) atoms. The zero-order valence-electron chi connectivity index (χ0n) is 13.6. The third-order valence-corrected chi connectivity index (χ3v) is 6.04. The highest BCUT2D eigenvalue weighted by atomic mass is 79.9. The zero-order chi connectivity index (χ0) is 18.4. The van der Waals surface area contributed by atoms with Gasteiger partial charge >= 0.3 is 6.03 Å². The van der Waals surface area contributed by atoms with Gasteiger partial charge in [0, 0.05) is 28.0 Å². The highest BCUT2D eigenvalue weighted by Gasteiger charge is 2.49. The lowest BCUT2D eigenvalue weighted by atomic mass is 9.92. The normalized spacial score (nSPS) is 20.5. The van der Waals surface area contributed by atoms with E-state index in [4.69, 9.17) is 35.4 Å². The molecular weight excluding hydrogens is 443 g/mol. The molecule has 0 spiro atoms. The van der Waals surface area contributed by atoms with Crippen molar-refractivity contribution in [3.8, 4) is 0 Å². The van der Waals surface area contributed by atoms with Crippen LogP contribution < -0.4 is 4.90 Å². The fourth-order valence-electron chi connectivity index (χ4n) is 2.92. The van der Waals surface area contributed by atoms with Crippen molar-refractivity contribution in [2.75, 3.05) is 11.9 Å². The Morgan fingerprint density at radius 2 is 1.68 bits per heavy atom. The van der Waals surface area contributed by atoms with Crippen molar-refractivity contribution in [3.63, 3.8) is 0 Å². The Balaban J connectivity index is 1.98. The Morgan fingerprint density at radius 3 is 2.24 bits per heavy atom. The van der Waals surface area contributed by atoms with Gasteiger partial charge in [0.25, 0.3) is 0 Å². The zero-order valence-corrected chi connectivity index (χ0v) is 17.5. The third-order valence-electron chi connectivity index (χ3n) is 4.45. The molecule has 0 N–H and O–H groups in total. The lowest BCUT2D eigenvalue weighted by Gasteiger charge is -2.30. The molecule has 1 aliphatic heterocycles.